The van der Waals surface area contributed by atoms with E-state index in [2.05, 4.69) is 29.6 Å². The molecule has 4 rings (SSSR count). The van der Waals surface area contributed by atoms with Crippen LogP contribution in [0.25, 0.3) is 5.69 Å². The average molecular weight is 347 g/mol. The van der Waals surface area contributed by atoms with Gasteiger partial charge in [-0.2, -0.15) is 0 Å². The summed E-state index contributed by atoms with van der Waals surface area (Å²) in [5, 5.41) is 3.64. The number of fused-ring (bicyclic) bond motifs is 1. The molecular formula is C22H25N3O. The molecule has 0 radical (unpaired) electrons. The first-order chi connectivity index (χ1) is 12.7. The van der Waals surface area contributed by atoms with E-state index < -0.39 is 0 Å². The molecule has 1 heterocycles. The van der Waals surface area contributed by atoms with Crippen molar-refractivity contribution in [2.45, 2.75) is 38.8 Å². The molecule has 1 atom stereocenters. The second-order valence-corrected chi connectivity index (χ2v) is 7.06. The van der Waals surface area contributed by atoms with Crippen LogP contribution in [-0.4, -0.2) is 9.36 Å². The van der Waals surface area contributed by atoms with Crippen LogP contribution in [0.4, 0.5) is 0 Å². The van der Waals surface area contributed by atoms with Crippen molar-refractivity contribution in [1.82, 2.24) is 14.7 Å². The fourth-order valence-electron chi connectivity index (χ4n) is 4.02. The summed E-state index contributed by atoms with van der Waals surface area (Å²) in [5.74, 6) is 0. The maximum atomic E-state index is 13.0. The minimum Gasteiger partial charge on any atom is -0.306 e. The summed E-state index contributed by atoms with van der Waals surface area (Å²) >= 11 is 0. The van der Waals surface area contributed by atoms with Crippen LogP contribution in [0, 0.1) is 6.92 Å². The Morgan fingerprint density at radius 3 is 2.62 bits per heavy atom. The van der Waals surface area contributed by atoms with Crippen molar-refractivity contribution in [3.63, 3.8) is 0 Å². The van der Waals surface area contributed by atoms with Gasteiger partial charge in [-0.15, -0.1) is 0 Å². The third kappa shape index (κ3) is 2.90. The number of hydrogen-bond donors (Lipinski definition) is 1. The maximum absolute atomic E-state index is 13.0. The molecule has 1 aliphatic carbocycles. The third-order valence-electron chi connectivity index (χ3n) is 5.57. The Morgan fingerprint density at radius 2 is 1.81 bits per heavy atom. The average Bonchev–Trinajstić information content (AvgIpc) is 2.89. The van der Waals surface area contributed by atoms with E-state index in [-0.39, 0.29) is 5.56 Å². The Hall–Kier alpha value is -2.59. The van der Waals surface area contributed by atoms with Crippen molar-refractivity contribution in [2.75, 3.05) is 0 Å². The molecule has 2 aromatic carbocycles. The molecule has 0 saturated heterocycles. The normalized spacial score (nSPS) is 16.5. The zero-order chi connectivity index (χ0) is 18.1. The van der Waals surface area contributed by atoms with Crippen LogP contribution >= 0.6 is 0 Å². The van der Waals surface area contributed by atoms with E-state index in [1.807, 2.05) is 49.0 Å². The lowest BCUT2D eigenvalue weighted by Gasteiger charge is -2.26. The van der Waals surface area contributed by atoms with Gasteiger partial charge in [0.25, 0.3) is 5.56 Å². The molecule has 0 saturated carbocycles. The van der Waals surface area contributed by atoms with Crippen LogP contribution in [0.2, 0.25) is 0 Å². The number of para-hydroxylation sites is 1. The summed E-state index contributed by atoms with van der Waals surface area (Å²) in [6.45, 7) is 2.62. The van der Waals surface area contributed by atoms with Crippen LogP contribution < -0.4 is 10.9 Å². The predicted molar refractivity (Wildman–Crippen MR) is 105 cm³/mol. The van der Waals surface area contributed by atoms with Gasteiger partial charge in [0.05, 0.1) is 11.3 Å². The largest absolute Gasteiger partial charge is 0.306 e. The topological polar surface area (TPSA) is 39.0 Å². The van der Waals surface area contributed by atoms with Gasteiger partial charge in [-0.25, -0.2) is 4.68 Å². The van der Waals surface area contributed by atoms with Crippen molar-refractivity contribution < 1.29 is 0 Å². The summed E-state index contributed by atoms with van der Waals surface area (Å²) in [6, 6.07) is 18.8. The SMILES string of the molecule is Cc1c(CNC2CCCc3ccccc32)c(=O)n(-c2ccccc2)n1C. The molecule has 0 aliphatic heterocycles. The van der Waals surface area contributed by atoms with Gasteiger partial charge in [-0.05, 0) is 49.4 Å². The molecular weight excluding hydrogens is 322 g/mol. The molecule has 1 aliphatic rings. The number of hydrogen-bond acceptors (Lipinski definition) is 2. The second kappa shape index (κ2) is 6.96. The molecule has 1 N–H and O–H groups in total. The van der Waals surface area contributed by atoms with Crippen molar-refractivity contribution in [2.24, 2.45) is 7.05 Å². The van der Waals surface area contributed by atoms with Crippen LogP contribution in [0.3, 0.4) is 0 Å². The van der Waals surface area contributed by atoms with Gasteiger partial charge in [-0.3, -0.25) is 9.48 Å². The standard InChI is InChI=1S/C22H25N3O/c1-16-20(22(26)25(24(16)2)18-11-4-3-5-12-18)15-23-21-14-8-10-17-9-6-7-13-19(17)21/h3-7,9,11-13,21,23H,8,10,14-15H2,1-2H3. The van der Waals surface area contributed by atoms with E-state index in [1.165, 1.54) is 17.5 Å². The first-order valence-corrected chi connectivity index (χ1v) is 9.31. The number of benzene rings is 2. The van der Waals surface area contributed by atoms with E-state index in [1.54, 1.807) is 4.68 Å². The summed E-state index contributed by atoms with van der Waals surface area (Å²) in [6.07, 6.45) is 3.46. The highest BCUT2D eigenvalue weighted by atomic mass is 16.1. The highest BCUT2D eigenvalue weighted by molar-refractivity contribution is 5.34. The van der Waals surface area contributed by atoms with Crippen LogP contribution in [-0.2, 0) is 20.0 Å². The van der Waals surface area contributed by atoms with Crippen molar-refractivity contribution in [1.29, 1.82) is 0 Å². The lowest BCUT2D eigenvalue weighted by molar-refractivity contribution is 0.458. The molecule has 0 fully saturated rings. The Morgan fingerprint density at radius 1 is 1.08 bits per heavy atom. The van der Waals surface area contributed by atoms with Gasteiger partial charge in [0.1, 0.15) is 0 Å². The van der Waals surface area contributed by atoms with Gasteiger partial charge in [-0.1, -0.05) is 42.5 Å². The van der Waals surface area contributed by atoms with Gasteiger partial charge in [0, 0.05) is 25.3 Å². The zero-order valence-electron chi connectivity index (χ0n) is 15.4. The van der Waals surface area contributed by atoms with E-state index in [9.17, 15) is 4.79 Å². The predicted octanol–water partition coefficient (Wildman–Crippen LogP) is 3.65. The second-order valence-electron chi connectivity index (χ2n) is 7.06. The minimum absolute atomic E-state index is 0.0628. The molecule has 1 unspecified atom stereocenters. The molecule has 4 heteroatoms. The van der Waals surface area contributed by atoms with Gasteiger partial charge < -0.3 is 5.32 Å². The first-order valence-electron chi connectivity index (χ1n) is 9.31. The molecule has 3 aromatic rings. The molecule has 26 heavy (non-hydrogen) atoms. The number of rotatable bonds is 4. The Kier molecular flexibility index (Phi) is 4.51. The van der Waals surface area contributed by atoms with Crippen LogP contribution in [0.15, 0.2) is 59.4 Å². The van der Waals surface area contributed by atoms with Crippen molar-refractivity contribution >= 4 is 0 Å². The highest BCUT2D eigenvalue weighted by Crippen LogP contribution is 2.29. The van der Waals surface area contributed by atoms with E-state index in [0.717, 1.165) is 29.8 Å². The van der Waals surface area contributed by atoms with Crippen LogP contribution in [0.1, 0.15) is 41.3 Å². The van der Waals surface area contributed by atoms with E-state index >= 15 is 0 Å². The highest BCUT2D eigenvalue weighted by Gasteiger charge is 2.21. The fourth-order valence-corrected chi connectivity index (χ4v) is 4.02. The summed E-state index contributed by atoms with van der Waals surface area (Å²) in [7, 11) is 1.95. The molecule has 4 nitrogen and oxygen atoms in total. The summed E-state index contributed by atoms with van der Waals surface area (Å²) in [4.78, 5) is 13.0. The van der Waals surface area contributed by atoms with Gasteiger partial charge in [0.2, 0.25) is 0 Å². The molecule has 0 amide bonds. The van der Waals surface area contributed by atoms with Crippen molar-refractivity contribution in [3.8, 4) is 5.69 Å². The molecule has 1 aromatic heterocycles. The quantitative estimate of drug-likeness (QED) is 0.782. The zero-order valence-corrected chi connectivity index (χ0v) is 15.4. The number of nitrogens with one attached hydrogen (secondary N) is 1. The Bertz CT molecular complexity index is 969. The first kappa shape index (κ1) is 16.9. The summed E-state index contributed by atoms with van der Waals surface area (Å²) < 4.78 is 3.70. The van der Waals surface area contributed by atoms with Crippen LogP contribution in [0.5, 0.6) is 0 Å². The molecule has 0 spiro atoms. The Balaban J connectivity index is 1.62. The number of aromatic nitrogens is 2. The third-order valence-corrected chi connectivity index (χ3v) is 5.57. The van der Waals surface area contributed by atoms with Crippen molar-refractivity contribution in [3.05, 3.63) is 87.3 Å². The number of aryl methyl sites for hydroxylation is 1. The van der Waals surface area contributed by atoms with Gasteiger partial charge in [0.15, 0.2) is 0 Å². The van der Waals surface area contributed by atoms with E-state index in [4.69, 9.17) is 0 Å². The minimum atomic E-state index is 0.0628. The van der Waals surface area contributed by atoms with E-state index in [0.29, 0.717) is 12.6 Å². The fraction of sp³-hybridized carbons (Fsp3) is 0.318. The smallest absolute Gasteiger partial charge is 0.276 e. The molecule has 134 valence electrons. The lowest BCUT2D eigenvalue weighted by atomic mass is 9.87. The van der Waals surface area contributed by atoms with Gasteiger partial charge >= 0.3 is 0 Å². The Labute approximate surface area is 154 Å². The lowest BCUT2D eigenvalue weighted by Crippen LogP contribution is -2.28. The summed E-state index contributed by atoms with van der Waals surface area (Å²) in [5.41, 5.74) is 5.64. The monoisotopic (exact) mass is 347 g/mol. The maximum Gasteiger partial charge on any atom is 0.276 e. The molecule has 0 bridgehead atoms. The number of nitrogens with zero attached hydrogens (tertiary/aromatic N) is 2.